The Labute approximate surface area is 180 Å². The van der Waals surface area contributed by atoms with Gasteiger partial charge in [-0.3, -0.25) is 4.79 Å². The minimum absolute atomic E-state index is 0.0266. The molecule has 2 heterocycles. The van der Waals surface area contributed by atoms with E-state index in [0.29, 0.717) is 17.0 Å². The third-order valence-corrected chi connectivity index (χ3v) is 5.03. The summed E-state index contributed by atoms with van der Waals surface area (Å²) in [5.74, 6) is -0.427. The van der Waals surface area contributed by atoms with E-state index in [2.05, 4.69) is 10.2 Å². The number of nitrogens with zero attached hydrogens (tertiary/aromatic N) is 1. The second-order valence-corrected chi connectivity index (χ2v) is 7.24. The van der Waals surface area contributed by atoms with E-state index in [4.69, 9.17) is 13.9 Å². The summed E-state index contributed by atoms with van der Waals surface area (Å²) in [5.41, 5.74) is 2.34. The molecular formula is C24H24N2O5. The van der Waals surface area contributed by atoms with Crippen molar-refractivity contribution in [3.63, 3.8) is 0 Å². The van der Waals surface area contributed by atoms with Crippen LogP contribution in [0.5, 0.6) is 5.75 Å². The summed E-state index contributed by atoms with van der Waals surface area (Å²) in [5, 5.41) is 2.73. The van der Waals surface area contributed by atoms with Crippen LogP contribution in [0.25, 0.3) is 0 Å². The zero-order valence-electron chi connectivity index (χ0n) is 17.1. The number of hydrogen-bond acceptors (Lipinski definition) is 6. The van der Waals surface area contributed by atoms with Gasteiger partial charge in [-0.1, -0.05) is 18.2 Å². The van der Waals surface area contributed by atoms with Crippen LogP contribution in [-0.4, -0.2) is 31.6 Å². The molecule has 0 unspecified atom stereocenters. The van der Waals surface area contributed by atoms with E-state index in [1.54, 1.807) is 6.07 Å². The number of carbonyl (C=O) groups is 2. The molecule has 2 aromatic carbocycles. The lowest BCUT2D eigenvalue weighted by molar-refractivity contribution is -0.119. The van der Waals surface area contributed by atoms with Crippen molar-refractivity contribution in [3.05, 3.63) is 78.3 Å². The summed E-state index contributed by atoms with van der Waals surface area (Å²) in [6.07, 6.45) is 3.81. The lowest BCUT2D eigenvalue weighted by atomic mass is 10.2. The third kappa shape index (κ3) is 5.45. The highest BCUT2D eigenvalue weighted by molar-refractivity contribution is 5.95. The van der Waals surface area contributed by atoms with Crippen molar-refractivity contribution in [1.29, 1.82) is 0 Å². The summed E-state index contributed by atoms with van der Waals surface area (Å²) < 4.78 is 16.0. The van der Waals surface area contributed by atoms with Crippen LogP contribution in [0.15, 0.2) is 71.3 Å². The number of amides is 1. The molecule has 0 atom stereocenters. The highest BCUT2D eigenvalue weighted by Gasteiger charge is 2.19. The maximum atomic E-state index is 12.3. The normalized spacial score (nSPS) is 13.1. The van der Waals surface area contributed by atoms with Gasteiger partial charge in [-0.25, -0.2) is 4.79 Å². The first-order chi connectivity index (χ1) is 15.2. The standard InChI is InChI=1S/C24H24N2O5/c27-22(25-19-8-10-20(11-9-19)26-13-4-5-14-26)17-31-24(28)23-18(12-15-29-23)16-30-21-6-2-1-3-7-21/h1-3,6-12,15H,4-5,13-14,16-17H2,(H,25,27). The monoisotopic (exact) mass is 420 g/mol. The fraction of sp³-hybridized carbons (Fsp3) is 0.250. The number of anilines is 2. The van der Waals surface area contributed by atoms with Crippen LogP contribution in [0.4, 0.5) is 11.4 Å². The van der Waals surface area contributed by atoms with Crippen LogP contribution in [-0.2, 0) is 16.1 Å². The topological polar surface area (TPSA) is 81.0 Å². The zero-order valence-corrected chi connectivity index (χ0v) is 17.1. The maximum Gasteiger partial charge on any atom is 0.375 e. The van der Waals surface area contributed by atoms with Crippen molar-refractivity contribution >= 4 is 23.3 Å². The Morgan fingerprint density at radius 1 is 0.968 bits per heavy atom. The van der Waals surface area contributed by atoms with Crippen LogP contribution in [0.2, 0.25) is 0 Å². The lowest BCUT2D eigenvalue weighted by Gasteiger charge is -2.17. The maximum absolute atomic E-state index is 12.3. The van der Waals surface area contributed by atoms with Crippen molar-refractivity contribution in [1.82, 2.24) is 0 Å². The Morgan fingerprint density at radius 3 is 2.45 bits per heavy atom. The van der Waals surface area contributed by atoms with E-state index >= 15 is 0 Å². The number of ether oxygens (including phenoxy) is 2. The largest absolute Gasteiger partial charge is 0.489 e. The van der Waals surface area contributed by atoms with Crippen molar-refractivity contribution in [2.75, 3.05) is 29.9 Å². The van der Waals surface area contributed by atoms with Crippen LogP contribution >= 0.6 is 0 Å². The fourth-order valence-corrected chi connectivity index (χ4v) is 3.43. The lowest BCUT2D eigenvalue weighted by Crippen LogP contribution is -2.21. The Balaban J connectivity index is 1.26. The molecule has 1 amide bonds. The molecule has 160 valence electrons. The summed E-state index contributed by atoms with van der Waals surface area (Å²) >= 11 is 0. The molecule has 1 aliphatic heterocycles. The predicted octanol–water partition coefficient (Wildman–Crippen LogP) is 4.25. The zero-order chi connectivity index (χ0) is 21.5. The number of benzene rings is 2. The molecule has 7 heteroatoms. The first-order valence-electron chi connectivity index (χ1n) is 10.3. The Hall–Kier alpha value is -3.74. The molecule has 0 saturated carbocycles. The number of carbonyl (C=O) groups excluding carboxylic acids is 2. The number of rotatable bonds is 8. The molecule has 4 rings (SSSR count). The number of esters is 1. The molecule has 1 aliphatic rings. The van der Waals surface area contributed by atoms with Gasteiger partial charge in [0, 0.05) is 30.0 Å². The minimum atomic E-state index is -0.712. The van der Waals surface area contributed by atoms with Crippen molar-refractivity contribution in [3.8, 4) is 5.75 Å². The molecular weight excluding hydrogens is 396 g/mol. The molecule has 7 nitrogen and oxygen atoms in total. The molecule has 3 aromatic rings. The van der Waals surface area contributed by atoms with E-state index in [-0.39, 0.29) is 12.4 Å². The van der Waals surface area contributed by atoms with E-state index in [1.165, 1.54) is 19.1 Å². The number of hydrogen-bond donors (Lipinski definition) is 1. The SMILES string of the molecule is O=C(COC(=O)c1occc1COc1ccccc1)Nc1ccc(N2CCCC2)cc1. The van der Waals surface area contributed by atoms with Crippen LogP contribution in [0, 0.1) is 0 Å². The molecule has 0 bridgehead atoms. The molecule has 0 spiro atoms. The molecule has 1 fully saturated rings. The third-order valence-electron chi connectivity index (χ3n) is 5.03. The van der Waals surface area contributed by atoms with Gasteiger partial charge >= 0.3 is 5.97 Å². The number of furan rings is 1. The minimum Gasteiger partial charge on any atom is -0.489 e. The molecule has 0 aliphatic carbocycles. The summed E-state index contributed by atoms with van der Waals surface area (Å²) in [6.45, 7) is 1.87. The Morgan fingerprint density at radius 2 is 1.71 bits per heavy atom. The molecule has 0 radical (unpaired) electrons. The summed E-state index contributed by atoms with van der Waals surface area (Å²) in [4.78, 5) is 26.8. The van der Waals surface area contributed by atoms with Gasteiger partial charge in [0.25, 0.3) is 5.91 Å². The van der Waals surface area contributed by atoms with Crippen molar-refractivity contribution < 1.29 is 23.5 Å². The van der Waals surface area contributed by atoms with Crippen molar-refractivity contribution in [2.24, 2.45) is 0 Å². The van der Waals surface area contributed by atoms with E-state index in [0.717, 1.165) is 18.8 Å². The average Bonchev–Trinajstić information content (AvgIpc) is 3.50. The van der Waals surface area contributed by atoms with E-state index < -0.39 is 18.5 Å². The van der Waals surface area contributed by atoms with Gasteiger partial charge in [0.15, 0.2) is 6.61 Å². The second-order valence-electron chi connectivity index (χ2n) is 7.24. The summed E-state index contributed by atoms with van der Waals surface area (Å²) in [7, 11) is 0. The quantitative estimate of drug-likeness (QED) is 0.549. The van der Waals surface area contributed by atoms with Gasteiger partial charge < -0.3 is 24.1 Å². The number of nitrogens with one attached hydrogen (secondary N) is 1. The molecule has 1 saturated heterocycles. The van der Waals surface area contributed by atoms with Crippen LogP contribution in [0.1, 0.15) is 29.0 Å². The Kier molecular flexibility index (Phi) is 6.52. The van der Waals surface area contributed by atoms with E-state index in [9.17, 15) is 9.59 Å². The van der Waals surface area contributed by atoms with Gasteiger partial charge in [-0.15, -0.1) is 0 Å². The van der Waals surface area contributed by atoms with Gasteiger partial charge in [0.2, 0.25) is 5.76 Å². The number of para-hydroxylation sites is 1. The smallest absolute Gasteiger partial charge is 0.375 e. The molecule has 1 N–H and O–H groups in total. The van der Waals surface area contributed by atoms with Gasteiger partial charge in [-0.05, 0) is 55.3 Å². The molecule has 31 heavy (non-hydrogen) atoms. The summed E-state index contributed by atoms with van der Waals surface area (Å²) in [6, 6.07) is 18.5. The van der Waals surface area contributed by atoms with E-state index in [1.807, 2.05) is 54.6 Å². The Bertz CT molecular complexity index is 1010. The molecule has 1 aromatic heterocycles. The highest BCUT2D eigenvalue weighted by atomic mass is 16.5. The van der Waals surface area contributed by atoms with Gasteiger partial charge in [-0.2, -0.15) is 0 Å². The van der Waals surface area contributed by atoms with Gasteiger partial charge in [0.1, 0.15) is 12.4 Å². The first-order valence-corrected chi connectivity index (χ1v) is 10.3. The predicted molar refractivity (Wildman–Crippen MR) is 116 cm³/mol. The van der Waals surface area contributed by atoms with Crippen LogP contribution < -0.4 is 15.0 Å². The second kappa shape index (κ2) is 9.84. The first kappa shape index (κ1) is 20.5. The van der Waals surface area contributed by atoms with Crippen LogP contribution in [0.3, 0.4) is 0 Å². The van der Waals surface area contributed by atoms with Gasteiger partial charge in [0.05, 0.1) is 6.26 Å². The average molecular weight is 420 g/mol. The highest BCUT2D eigenvalue weighted by Crippen LogP contribution is 2.22. The fourth-order valence-electron chi connectivity index (χ4n) is 3.43. The van der Waals surface area contributed by atoms with Crippen molar-refractivity contribution in [2.45, 2.75) is 19.4 Å².